The minimum absolute atomic E-state index is 0.292. The maximum atomic E-state index is 5.51. The molecule has 6 heteroatoms. The van der Waals surface area contributed by atoms with E-state index >= 15 is 0 Å². The van der Waals surface area contributed by atoms with Crippen LogP contribution in [0.2, 0.25) is 0 Å². The minimum Gasteiger partial charge on any atom is -0.367 e. The number of para-hydroxylation sites is 1. The van der Waals surface area contributed by atoms with Gasteiger partial charge < -0.3 is 5.73 Å². The fourth-order valence-electron chi connectivity index (χ4n) is 1.51. The predicted molar refractivity (Wildman–Crippen MR) is 62.9 cm³/mol. The summed E-state index contributed by atoms with van der Waals surface area (Å²) in [5, 5.41) is 0.767. The van der Waals surface area contributed by atoms with Crippen LogP contribution in [-0.2, 0) is 0 Å². The van der Waals surface area contributed by atoms with Crippen LogP contribution in [0.5, 0.6) is 0 Å². The monoisotopic (exact) mass is 229 g/mol. The molecule has 3 aromatic rings. The van der Waals surface area contributed by atoms with Crippen molar-refractivity contribution >= 4 is 28.5 Å². The van der Waals surface area contributed by atoms with E-state index in [1.165, 1.54) is 11.5 Å². The molecule has 1 aromatic carbocycles. The van der Waals surface area contributed by atoms with Gasteiger partial charge in [-0.1, -0.05) is 6.07 Å². The predicted octanol–water partition coefficient (Wildman–Crippen LogP) is 1.73. The first-order valence-electron chi connectivity index (χ1n) is 4.64. The van der Waals surface area contributed by atoms with Crippen LogP contribution in [0.25, 0.3) is 21.6 Å². The Morgan fingerprint density at radius 3 is 2.81 bits per heavy atom. The Labute approximate surface area is 95.2 Å². The van der Waals surface area contributed by atoms with Crippen molar-refractivity contribution in [2.45, 2.75) is 0 Å². The summed E-state index contributed by atoms with van der Waals surface area (Å²) >= 11 is 1.26. The van der Waals surface area contributed by atoms with Crippen molar-refractivity contribution in [1.29, 1.82) is 0 Å². The molecule has 0 aliphatic heterocycles. The fraction of sp³-hybridized carbons (Fsp3) is 0. The Balaban J connectivity index is 2.31. The summed E-state index contributed by atoms with van der Waals surface area (Å²) in [4.78, 5) is 12.7. The van der Waals surface area contributed by atoms with Gasteiger partial charge in [0.25, 0.3) is 0 Å². The summed E-state index contributed by atoms with van der Waals surface area (Å²) < 4.78 is 3.96. The van der Waals surface area contributed by atoms with Crippen LogP contribution in [0.1, 0.15) is 0 Å². The molecule has 0 saturated heterocycles. The third kappa shape index (κ3) is 1.40. The number of anilines is 1. The van der Waals surface area contributed by atoms with Crippen LogP contribution in [0.4, 0.5) is 5.95 Å². The van der Waals surface area contributed by atoms with E-state index in [0.717, 1.165) is 21.6 Å². The van der Waals surface area contributed by atoms with Gasteiger partial charge in [0, 0.05) is 18.0 Å². The van der Waals surface area contributed by atoms with Crippen LogP contribution in [0.15, 0.2) is 30.6 Å². The lowest BCUT2D eigenvalue weighted by Gasteiger charge is -2.00. The quantitative estimate of drug-likeness (QED) is 0.687. The lowest BCUT2D eigenvalue weighted by atomic mass is 10.2. The smallest absolute Gasteiger partial charge is 0.232 e. The summed E-state index contributed by atoms with van der Waals surface area (Å²) in [5.41, 5.74) is 8.09. The first-order valence-corrected chi connectivity index (χ1v) is 5.41. The SMILES string of the molecule is Nc1nsc(-c2cccc3nccnc23)n1. The molecule has 5 nitrogen and oxygen atoms in total. The lowest BCUT2D eigenvalue weighted by Crippen LogP contribution is -1.88. The van der Waals surface area contributed by atoms with Gasteiger partial charge in [0.15, 0.2) is 0 Å². The third-order valence-electron chi connectivity index (χ3n) is 2.17. The Hall–Kier alpha value is -2.08. The van der Waals surface area contributed by atoms with Crippen molar-refractivity contribution in [2.24, 2.45) is 0 Å². The molecule has 0 atom stereocenters. The molecule has 0 aliphatic rings. The summed E-state index contributed by atoms with van der Waals surface area (Å²) in [6.07, 6.45) is 3.33. The molecule has 78 valence electrons. The molecule has 16 heavy (non-hydrogen) atoms. The number of nitrogen functional groups attached to an aromatic ring is 1. The molecule has 0 radical (unpaired) electrons. The van der Waals surface area contributed by atoms with E-state index in [1.807, 2.05) is 18.2 Å². The summed E-state index contributed by atoms with van der Waals surface area (Å²) in [7, 11) is 0. The largest absolute Gasteiger partial charge is 0.367 e. The van der Waals surface area contributed by atoms with Crippen molar-refractivity contribution in [3.63, 3.8) is 0 Å². The fourth-order valence-corrected chi connectivity index (χ4v) is 2.13. The molecule has 0 aliphatic carbocycles. The molecular weight excluding hydrogens is 222 g/mol. The normalized spacial score (nSPS) is 10.8. The molecule has 3 rings (SSSR count). The highest BCUT2D eigenvalue weighted by Crippen LogP contribution is 2.27. The first kappa shape index (κ1) is 9.17. The number of hydrogen-bond acceptors (Lipinski definition) is 6. The number of nitrogens with two attached hydrogens (primary N) is 1. The van der Waals surface area contributed by atoms with E-state index in [1.54, 1.807) is 12.4 Å². The molecule has 2 N–H and O–H groups in total. The van der Waals surface area contributed by atoms with Gasteiger partial charge in [-0.05, 0) is 23.7 Å². The molecular formula is C10H7N5S. The Morgan fingerprint density at radius 2 is 2.00 bits per heavy atom. The van der Waals surface area contributed by atoms with Crippen LogP contribution in [0, 0.1) is 0 Å². The van der Waals surface area contributed by atoms with Gasteiger partial charge in [-0.15, -0.1) is 0 Å². The number of benzene rings is 1. The maximum Gasteiger partial charge on any atom is 0.232 e. The summed E-state index contributed by atoms with van der Waals surface area (Å²) in [5.74, 6) is 0.292. The van der Waals surface area contributed by atoms with Crippen LogP contribution in [-0.4, -0.2) is 19.3 Å². The number of hydrogen-bond donors (Lipinski definition) is 1. The van der Waals surface area contributed by atoms with Gasteiger partial charge in [0.2, 0.25) is 5.95 Å². The van der Waals surface area contributed by atoms with Gasteiger partial charge in [-0.2, -0.15) is 9.36 Å². The van der Waals surface area contributed by atoms with Crippen molar-refractivity contribution in [3.05, 3.63) is 30.6 Å². The van der Waals surface area contributed by atoms with Crippen molar-refractivity contribution in [1.82, 2.24) is 19.3 Å². The van der Waals surface area contributed by atoms with Crippen LogP contribution in [0.3, 0.4) is 0 Å². The molecule has 0 fully saturated rings. The standard InChI is InChI=1S/C10H7N5S/c11-10-14-9(16-15-10)6-2-1-3-7-8(6)13-5-4-12-7/h1-5H,(H2,11,15). The molecule has 0 spiro atoms. The summed E-state index contributed by atoms with van der Waals surface area (Å²) in [6.45, 7) is 0. The molecule has 2 heterocycles. The minimum atomic E-state index is 0.292. The molecule has 0 unspecified atom stereocenters. The first-order chi connectivity index (χ1) is 7.84. The van der Waals surface area contributed by atoms with Crippen LogP contribution < -0.4 is 5.73 Å². The van der Waals surface area contributed by atoms with Crippen molar-refractivity contribution in [3.8, 4) is 10.6 Å². The van der Waals surface area contributed by atoms with Gasteiger partial charge >= 0.3 is 0 Å². The second kappa shape index (κ2) is 3.49. The average Bonchev–Trinajstić information content (AvgIpc) is 2.75. The van der Waals surface area contributed by atoms with Crippen molar-refractivity contribution < 1.29 is 0 Å². The van der Waals surface area contributed by atoms with Gasteiger partial charge in [-0.25, -0.2) is 0 Å². The zero-order valence-corrected chi connectivity index (χ0v) is 8.98. The Bertz CT molecular complexity index is 643. The number of aromatic nitrogens is 4. The average molecular weight is 229 g/mol. The van der Waals surface area contributed by atoms with Crippen LogP contribution >= 0.6 is 11.5 Å². The van der Waals surface area contributed by atoms with Gasteiger partial charge in [0.05, 0.1) is 11.0 Å². The second-order valence-corrected chi connectivity index (χ2v) is 3.94. The highest BCUT2D eigenvalue weighted by Gasteiger charge is 2.09. The van der Waals surface area contributed by atoms with E-state index < -0.39 is 0 Å². The molecule has 0 amide bonds. The molecule has 2 aromatic heterocycles. The molecule has 0 saturated carbocycles. The van der Waals surface area contributed by atoms with Gasteiger partial charge in [0.1, 0.15) is 5.01 Å². The third-order valence-corrected chi connectivity index (χ3v) is 2.93. The second-order valence-electron chi connectivity index (χ2n) is 3.19. The summed E-state index contributed by atoms with van der Waals surface area (Å²) in [6, 6.07) is 5.77. The van der Waals surface area contributed by atoms with E-state index in [0.29, 0.717) is 5.95 Å². The zero-order valence-electron chi connectivity index (χ0n) is 8.16. The Morgan fingerprint density at radius 1 is 1.12 bits per heavy atom. The number of fused-ring (bicyclic) bond motifs is 1. The van der Waals surface area contributed by atoms with E-state index in [4.69, 9.17) is 5.73 Å². The van der Waals surface area contributed by atoms with Crippen molar-refractivity contribution in [2.75, 3.05) is 5.73 Å². The molecule has 0 bridgehead atoms. The zero-order chi connectivity index (χ0) is 11.0. The van der Waals surface area contributed by atoms with E-state index in [-0.39, 0.29) is 0 Å². The highest BCUT2D eigenvalue weighted by molar-refractivity contribution is 7.09. The topological polar surface area (TPSA) is 77.6 Å². The van der Waals surface area contributed by atoms with Gasteiger partial charge in [-0.3, -0.25) is 9.97 Å². The number of rotatable bonds is 1. The lowest BCUT2D eigenvalue weighted by molar-refractivity contribution is 1.29. The number of nitrogens with zero attached hydrogens (tertiary/aromatic N) is 4. The van der Waals surface area contributed by atoms with E-state index in [2.05, 4.69) is 19.3 Å². The maximum absolute atomic E-state index is 5.51. The Kier molecular flexibility index (Phi) is 2.00. The van der Waals surface area contributed by atoms with E-state index in [9.17, 15) is 0 Å². The highest BCUT2D eigenvalue weighted by atomic mass is 32.1.